The Balaban J connectivity index is 1.70. The number of nitrogens with zero attached hydrogens (tertiary/aromatic N) is 1. The number of carbonyl (C=O) groups excluding carboxylic acids is 1. The molecule has 2 aromatic rings. The van der Waals surface area contributed by atoms with Crippen LogP contribution in [0.25, 0.3) is 0 Å². The molecule has 3 rings (SSSR count). The first-order valence-electron chi connectivity index (χ1n) is 7.56. The molecule has 1 N–H and O–H groups in total. The number of ether oxygens (including phenoxy) is 1. The number of hydrogen-bond donors (Lipinski definition) is 1. The fourth-order valence-electron chi connectivity index (χ4n) is 2.73. The number of hydrogen-bond acceptors (Lipinski definition) is 2. The molecule has 22 heavy (non-hydrogen) atoms. The van der Waals surface area contributed by atoms with Crippen molar-refractivity contribution in [2.24, 2.45) is 0 Å². The molecule has 2 aromatic carbocycles. The average Bonchev–Trinajstić information content (AvgIpc) is 2.73. The highest BCUT2D eigenvalue weighted by atomic mass is 16.5. The van der Waals surface area contributed by atoms with Gasteiger partial charge in [-0.1, -0.05) is 48.5 Å². The predicted molar refractivity (Wildman–Crippen MR) is 85.7 cm³/mol. The fraction of sp³-hybridized carbons (Fsp3) is 0.278. The van der Waals surface area contributed by atoms with Gasteiger partial charge in [0, 0.05) is 12.1 Å². The number of amides is 2. The van der Waals surface area contributed by atoms with Crippen LogP contribution in [0.1, 0.15) is 24.1 Å². The molecule has 1 aliphatic heterocycles. The van der Waals surface area contributed by atoms with Gasteiger partial charge in [-0.05, 0) is 18.6 Å². The van der Waals surface area contributed by atoms with Crippen molar-refractivity contribution in [3.05, 3.63) is 65.7 Å². The van der Waals surface area contributed by atoms with Gasteiger partial charge in [0.1, 0.15) is 12.4 Å². The van der Waals surface area contributed by atoms with E-state index >= 15 is 0 Å². The van der Waals surface area contributed by atoms with Crippen LogP contribution in [-0.2, 0) is 6.54 Å². The van der Waals surface area contributed by atoms with E-state index in [9.17, 15) is 4.79 Å². The standard InChI is InChI=1S/C18H20N2O2/c1-14-16-9-5-6-10-17(16)22-12-11-20(14)18(21)19-13-15-7-3-2-4-8-15/h2-10,14H,11-13H2,1H3,(H,19,21). The summed E-state index contributed by atoms with van der Waals surface area (Å²) in [6, 6.07) is 17.8. The zero-order valence-electron chi connectivity index (χ0n) is 12.7. The van der Waals surface area contributed by atoms with E-state index in [1.54, 1.807) is 0 Å². The lowest BCUT2D eigenvalue weighted by Crippen LogP contribution is -2.42. The summed E-state index contributed by atoms with van der Waals surface area (Å²) in [5.74, 6) is 0.869. The third kappa shape index (κ3) is 3.06. The Bertz CT molecular complexity index is 643. The van der Waals surface area contributed by atoms with Crippen LogP contribution in [-0.4, -0.2) is 24.1 Å². The maximum absolute atomic E-state index is 12.5. The van der Waals surface area contributed by atoms with Crippen LogP contribution in [0.15, 0.2) is 54.6 Å². The van der Waals surface area contributed by atoms with Gasteiger partial charge in [-0.25, -0.2) is 4.79 Å². The SMILES string of the molecule is CC1c2ccccc2OCCN1C(=O)NCc1ccccc1. The van der Waals surface area contributed by atoms with Gasteiger partial charge in [0.2, 0.25) is 0 Å². The molecule has 114 valence electrons. The summed E-state index contributed by atoms with van der Waals surface area (Å²) >= 11 is 0. The Kier molecular flexibility index (Phi) is 4.28. The molecule has 0 spiro atoms. The molecule has 0 fully saturated rings. The van der Waals surface area contributed by atoms with Crippen LogP contribution in [0, 0.1) is 0 Å². The minimum atomic E-state index is -0.0587. The van der Waals surface area contributed by atoms with Crippen LogP contribution in [0.5, 0.6) is 5.75 Å². The summed E-state index contributed by atoms with van der Waals surface area (Å²) in [5.41, 5.74) is 2.14. The largest absolute Gasteiger partial charge is 0.491 e. The minimum absolute atomic E-state index is 0.00512. The number of urea groups is 1. The maximum atomic E-state index is 12.5. The lowest BCUT2D eigenvalue weighted by Gasteiger charge is -2.27. The van der Waals surface area contributed by atoms with Gasteiger partial charge in [0.25, 0.3) is 0 Å². The predicted octanol–water partition coefficient (Wildman–Crippen LogP) is 3.35. The van der Waals surface area contributed by atoms with Gasteiger partial charge < -0.3 is 15.0 Å². The molecule has 4 heteroatoms. The van der Waals surface area contributed by atoms with Gasteiger partial charge in [-0.3, -0.25) is 0 Å². The molecule has 0 aromatic heterocycles. The number of para-hydroxylation sites is 1. The van der Waals surface area contributed by atoms with Gasteiger partial charge >= 0.3 is 6.03 Å². The summed E-state index contributed by atoms with van der Waals surface area (Å²) < 4.78 is 5.74. The minimum Gasteiger partial charge on any atom is -0.491 e. The average molecular weight is 296 g/mol. The van der Waals surface area contributed by atoms with Crippen molar-refractivity contribution in [2.45, 2.75) is 19.5 Å². The molecule has 1 aliphatic rings. The molecule has 1 unspecified atom stereocenters. The second-order valence-electron chi connectivity index (χ2n) is 5.40. The molecule has 0 radical (unpaired) electrons. The van der Waals surface area contributed by atoms with Crippen LogP contribution >= 0.6 is 0 Å². The van der Waals surface area contributed by atoms with Crippen molar-refractivity contribution < 1.29 is 9.53 Å². The Labute approximate surface area is 130 Å². The molecular weight excluding hydrogens is 276 g/mol. The first-order chi connectivity index (χ1) is 10.8. The fourth-order valence-corrected chi connectivity index (χ4v) is 2.73. The first-order valence-corrected chi connectivity index (χ1v) is 7.56. The second kappa shape index (κ2) is 6.52. The Morgan fingerprint density at radius 1 is 1.18 bits per heavy atom. The summed E-state index contributed by atoms with van der Waals surface area (Å²) in [6.45, 7) is 3.66. The van der Waals surface area contributed by atoms with Crippen molar-refractivity contribution in [3.63, 3.8) is 0 Å². The van der Waals surface area contributed by atoms with Crippen molar-refractivity contribution >= 4 is 6.03 Å². The van der Waals surface area contributed by atoms with Crippen molar-refractivity contribution in [3.8, 4) is 5.75 Å². The summed E-state index contributed by atoms with van der Waals surface area (Å²) in [4.78, 5) is 14.3. The quantitative estimate of drug-likeness (QED) is 0.923. The van der Waals surface area contributed by atoms with E-state index < -0.39 is 0 Å². The van der Waals surface area contributed by atoms with Gasteiger partial charge in [0.15, 0.2) is 0 Å². The molecule has 1 atom stereocenters. The number of carbonyl (C=O) groups is 1. The van der Waals surface area contributed by atoms with E-state index in [4.69, 9.17) is 4.74 Å². The van der Waals surface area contributed by atoms with Gasteiger partial charge in [-0.2, -0.15) is 0 Å². The van der Waals surface area contributed by atoms with E-state index in [0.717, 1.165) is 16.9 Å². The van der Waals surface area contributed by atoms with Gasteiger partial charge in [-0.15, -0.1) is 0 Å². The Hall–Kier alpha value is -2.49. The molecule has 0 bridgehead atoms. The van der Waals surface area contributed by atoms with Crippen LogP contribution in [0.2, 0.25) is 0 Å². The molecule has 0 saturated carbocycles. The number of benzene rings is 2. The highest BCUT2D eigenvalue weighted by molar-refractivity contribution is 5.75. The Morgan fingerprint density at radius 2 is 1.91 bits per heavy atom. The normalized spacial score (nSPS) is 17.1. The third-order valence-corrected chi connectivity index (χ3v) is 3.97. The van der Waals surface area contributed by atoms with E-state index in [1.807, 2.05) is 66.4 Å². The topological polar surface area (TPSA) is 41.6 Å². The molecular formula is C18H20N2O2. The van der Waals surface area contributed by atoms with E-state index in [-0.39, 0.29) is 12.1 Å². The van der Waals surface area contributed by atoms with E-state index in [1.165, 1.54) is 0 Å². The zero-order valence-corrected chi connectivity index (χ0v) is 12.7. The molecule has 0 aliphatic carbocycles. The van der Waals surface area contributed by atoms with E-state index in [2.05, 4.69) is 5.32 Å². The van der Waals surface area contributed by atoms with Crippen LogP contribution in [0.4, 0.5) is 4.79 Å². The summed E-state index contributed by atoms with van der Waals surface area (Å²) in [7, 11) is 0. The summed E-state index contributed by atoms with van der Waals surface area (Å²) in [6.07, 6.45) is 0. The summed E-state index contributed by atoms with van der Waals surface area (Å²) in [5, 5.41) is 2.99. The number of rotatable bonds is 2. The van der Waals surface area contributed by atoms with Crippen molar-refractivity contribution in [1.82, 2.24) is 10.2 Å². The second-order valence-corrected chi connectivity index (χ2v) is 5.40. The number of fused-ring (bicyclic) bond motifs is 1. The highest BCUT2D eigenvalue weighted by Crippen LogP contribution is 2.31. The molecule has 2 amide bonds. The highest BCUT2D eigenvalue weighted by Gasteiger charge is 2.26. The maximum Gasteiger partial charge on any atom is 0.318 e. The van der Waals surface area contributed by atoms with E-state index in [0.29, 0.717) is 19.7 Å². The smallest absolute Gasteiger partial charge is 0.318 e. The monoisotopic (exact) mass is 296 g/mol. The van der Waals surface area contributed by atoms with Gasteiger partial charge in [0.05, 0.1) is 12.6 Å². The number of nitrogens with one attached hydrogen (secondary N) is 1. The van der Waals surface area contributed by atoms with Crippen LogP contribution < -0.4 is 10.1 Å². The van der Waals surface area contributed by atoms with Crippen molar-refractivity contribution in [1.29, 1.82) is 0 Å². The van der Waals surface area contributed by atoms with Crippen molar-refractivity contribution in [2.75, 3.05) is 13.2 Å². The van der Waals surface area contributed by atoms with Crippen LogP contribution in [0.3, 0.4) is 0 Å². The first kappa shape index (κ1) is 14.4. The zero-order chi connectivity index (χ0) is 15.4. The molecule has 1 heterocycles. The lowest BCUT2D eigenvalue weighted by atomic mass is 10.1. The lowest BCUT2D eigenvalue weighted by molar-refractivity contribution is 0.172. The third-order valence-electron chi connectivity index (χ3n) is 3.97. The molecule has 4 nitrogen and oxygen atoms in total. The Morgan fingerprint density at radius 3 is 2.73 bits per heavy atom. The molecule has 0 saturated heterocycles.